The fourth-order valence-electron chi connectivity index (χ4n) is 1.51. The molecule has 0 unspecified atom stereocenters. The molecule has 0 saturated heterocycles. The molecule has 0 fully saturated rings. The summed E-state index contributed by atoms with van der Waals surface area (Å²) in [6, 6.07) is 9.26. The van der Waals surface area contributed by atoms with Crippen LogP contribution < -0.4 is 10.1 Å². The van der Waals surface area contributed by atoms with Gasteiger partial charge in [0.2, 0.25) is 0 Å². The molecule has 1 aromatic heterocycles. The molecule has 1 heterocycles. The Labute approximate surface area is 119 Å². The van der Waals surface area contributed by atoms with E-state index in [9.17, 15) is 0 Å². The molecule has 2 aromatic rings. The van der Waals surface area contributed by atoms with E-state index in [1.807, 2.05) is 25.2 Å². The summed E-state index contributed by atoms with van der Waals surface area (Å²) in [5, 5.41) is 3.70. The Morgan fingerprint density at radius 1 is 1.28 bits per heavy atom. The molecule has 96 valence electrons. The SMILES string of the molecule is CNCc1ccc(COc2ccc(Cl)cc2Br)o1. The van der Waals surface area contributed by atoms with Gasteiger partial charge in [0, 0.05) is 5.02 Å². The second-order valence-electron chi connectivity index (χ2n) is 3.76. The molecule has 0 aliphatic heterocycles. The molecule has 0 radical (unpaired) electrons. The van der Waals surface area contributed by atoms with Gasteiger partial charge < -0.3 is 14.5 Å². The quantitative estimate of drug-likeness (QED) is 0.900. The van der Waals surface area contributed by atoms with Crippen molar-refractivity contribution in [1.29, 1.82) is 0 Å². The van der Waals surface area contributed by atoms with E-state index in [4.69, 9.17) is 20.8 Å². The van der Waals surface area contributed by atoms with E-state index in [0.29, 0.717) is 18.2 Å². The maximum absolute atomic E-state index is 5.86. The van der Waals surface area contributed by atoms with Gasteiger partial charge in [-0.2, -0.15) is 0 Å². The molecule has 0 aliphatic rings. The van der Waals surface area contributed by atoms with Crippen LogP contribution in [0.2, 0.25) is 5.02 Å². The Balaban J connectivity index is 1.97. The first-order chi connectivity index (χ1) is 8.69. The Kier molecular flexibility index (Phi) is 4.69. The summed E-state index contributed by atoms with van der Waals surface area (Å²) in [4.78, 5) is 0. The lowest BCUT2D eigenvalue weighted by molar-refractivity contribution is 0.264. The number of halogens is 2. The van der Waals surface area contributed by atoms with Gasteiger partial charge in [0.25, 0.3) is 0 Å². The highest BCUT2D eigenvalue weighted by Gasteiger charge is 2.05. The van der Waals surface area contributed by atoms with E-state index in [1.165, 1.54) is 0 Å². The molecule has 1 N–H and O–H groups in total. The summed E-state index contributed by atoms with van der Waals surface area (Å²) < 4.78 is 12.1. The number of rotatable bonds is 5. The number of nitrogens with one attached hydrogen (secondary N) is 1. The zero-order chi connectivity index (χ0) is 13.0. The van der Waals surface area contributed by atoms with Crippen molar-refractivity contribution in [2.75, 3.05) is 7.05 Å². The van der Waals surface area contributed by atoms with E-state index in [2.05, 4.69) is 21.2 Å². The van der Waals surface area contributed by atoms with Crippen LogP contribution in [0.15, 0.2) is 39.2 Å². The molecular weight excluding hydrogens is 318 g/mol. The molecular formula is C13H13BrClNO2. The van der Waals surface area contributed by atoms with Gasteiger partial charge in [-0.05, 0) is 53.3 Å². The minimum absolute atomic E-state index is 0.393. The van der Waals surface area contributed by atoms with Crippen molar-refractivity contribution >= 4 is 27.5 Å². The summed E-state index contributed by atoms with van der Waals surface area (Å²) >= 11 is 9.26. The minimum Gasteiger partial charge on any atom is -0.484 e. The minimum atomic E-state index is 0.393. The average Bonchev–Trinajstić information content (AvgIpc) is 2.76. The molecule has 0 spiro atoms. The smallest absolute Gasteiger partial charge is 0.146 e. The Hall–Kier alpha value is -0.970. The first kappa shape index (κ1) is 13.5. The monoisotopic (exact) mass is 329 g/mol. The lowest BCUT2D eigenvalue weighted by Crippen LogP contribution is -2.03. The lowest BCUT2D eigenvalue weighted by atomic mass is 10.3. The number of benzene rings is 1. The van der Waals surface area contributed by atoms with Crippen LogP contribution in [0.3, 0.4) is 0 Å². The average molecular weight is 331 g/mol. The molecule has 3 nitrogen and oxygen atoms in total. The Bertz CT molecular complexity index is 527. The molecule has 1 aromatic carbocycles. The van der Waals surface area contributed by atoms with Crippen molar-refractivity contribution in [1.82, 2.24) is 5.32 Å². The van der Waals surface area contributed by atoms with Crippen LogP contribution in [0.1, 0.15) is 11.5 Å². The van der Waals surface area contributed by atoms with Crippen molar-refractivity contribution in [3.05, 3.63) is 51.3 Å². The second kappa shape index (κ2) is 6.27. The zero-order valence-electron chi connectivity index (χ0n) is 9.87. The number of furan rings is 1. The van der Waals surface area contributed by atoms with Crippen LogP contribution in [0.25, 0.3) is 0 Å². The largest absolute Gasteiger partial charge is 0.484 e. The van der Waals surface area contributed by atoms with Gasteiger partial charge in [-0.25, -0.2) is 0 Å². The van der Waals surface area contributed by atoms with Crippen LogP contribution in [-0.4, -0.2) is 7.05 Å². The predicted octanol–water partition coefficient (Wildman–Crippen LogP) is 3.99. The highest BCUT2D eigenvalue weighted by Crippen LogP contribution is 2.28. The molecule has 2 rings (SSSR count). The molecule has 18 heavy (non-hydrogen) atoms. The van der Waals surface area contributed by atoms with Gasteiger partial charge in [0.05, 0.1) is 11.0 Å². The van der Waals surface area contributed by atoms with Crippen molar-refractivity contribution in [3.63, 3.8) is 0 Å². The number of ether oxygens (including phenoxy) is 1. The standard InChI is InChI=1S/C13H13BrClNO2/c1-16-7-10-3-4-11(18-10)8-17-13-5-2-9(15)6-12(13)14/h2-6,16H,7-8H2,1H3. The van der Waals surface area contributed by atoms with E-state index in [0.717, 1.165) is 21.7 Å². The summed E-state index contributed by atoms with van der Waals surface area (Å²) in [5.41, 5.74) is 0. The summed E-state index contributed by atoms with van der Waals surface area (Å²) in [6.07, 6.45) is 0. The van der Waals surface area contributed by atoms with E-state index in [1.54, 1.807) is 12.1 Å². The lowest BCUT2D eigenvalue weighted by Gasteiger charge is -2.06. The second-order valence-corrected chi connectivity index (χ2v) is 5.05. The Morgan fingerprint density at radius 3 is 2.78 bits per heavy atom. The van der Waals surface area contributed by atoms with Gasteiger partial charge in [-0.15, -0.1) is 0 Å². The summed E-state index contributed by atoms with van der Waals surface area (Å²) in [7, 11) is 1.88. The topological polar surface area (TPSA) is 34.4 Å². The fraction of sp³-hybridized carbons (Fsp3) is 0.231. The molecule has 0 bridgehead atoms. The van der Waals surface area contributed by atoms with Gasteiger partial charge in [0.1, 0.15) is 23.9 Å². The van der Waals surface area contributed by atoms with Crippen LogP contribution >= 0.6 is 27.5 Å². The van der Waals surface area contributed by atoms with Gasteiger partial charge in [-0.1, -0.05) is 11.6 Å². The fourth-order valence-corrected chi connectivity index (χ4v) is 2.31. The summed E-state index contributed by atoms with van der Waals surface area (Å²) in [6.45, 7) is 1.11. The van der Waals surface area contributed by atoms with E-state index in [-0.39, 0.29) is 0 Å². The molecule has 5 heteroatoms. The van der Waals surface area contributed by atoms with E-state index < -0.39 is 0 Å². The van der Waals surface area contributed by atoms with Crippen LogP contribution in [0.4, 0.5) is 0 Å². The molecule has 0 saturated carbocycles. The normalized spacial score (nSPS) is 10.6. The number of hydrogen-bond donors (Lipinski definition) is 1. The van der Waals surface area contributed by atoms with Crippen molar-refractivity contribution in [2.24, 2.45) is 0 Å². The third-order valence-electron chi connectivity index (χ3n) is 2.33. The van der Waals surface area contributed by atoms with Crippen LogP contribution in [-0.2, 0) is 13.2 Å². The first-order valence-electron chi connectivity index (χ1n) is 5.49. The highest BCUT2D eigenvalue weighted by molar-refractivity contribution is 9.10. The number of hydrogen-bond acceptors (Lipinski definition) is 3. The third-order valence-corrected chi connectivity index (χ3v) is 3.19. The molecule has 0 atom stereocenters. The highest BCUT2D eigenvalue weighted by atomic mass is 79.9. The third kappa shape index (κ3) is 3.51. The molecule has 0 aliphatic carbocycles. The predicted molar refractivity (Wildman–Crippen MR) is 75.0 cm³/mol. The first-order valence-corrected chi connectivity index (χ1v) is 6.66. The van der Waals surface area contributed by atoms with Gasteiger partial charge in [0.15, 0.2) is 0 Å². The maximum atomic E-state index is 5.86. The molecule has 0 amide bonds. The van der Waals surface area contributed by atoms with Crippen LogP contribution in [0, 0.1) is 0 Å². The van der Waals surface area contributed by atoms with Crippen LogP contribution in [0.5, 0.6) is 5.75 Å². The van der Waals surface area contributed by atoms with Gasteiger partial charge in [-0.3, -0.25) is 0 Å². The zero-order valence-corrected chi connectivity index (χ0v) is 12.2. The van der Waals surface area contributed by atoms with E-state index >= 15 is 0 Å². The Morgan fingerprint density at radius 2 is 2.06 bits per heavy atom. The summed E-state index contributed by atoms with van der Waals surface area (Å²) in [5.74, 6) is 2.43. The van der Waals surface area contributed by atoms with Crippen molar-refractivity contribution in [3.8, 4) is 5.75 Å². The van der Waals surface area contributed by atoms with Crippen molar-refractivity contribution < 1.29 is 9.15 Å². The maximum Gasteiger partial charge on any atom is 0.146 e. The van der Waals surface area contributed by atoms with Gasteiger partial charge >= 0.3 is 0 Å². The van der Waals surface area contributed by atoms with Crippen molar-refractivity contribution in [2.45, 2.75) is 13.2 Å².